The molecule has 0 aliphatic carbocycles. The second-order valence-electron chi connectivity index (χ2n) is 4.47. The topological polar surface area (TPSA) is 35.2 Å². The number of hydrogen-bond donors (Lipinski definition) is 1. The number of benzene rings is 2. The van der Waals surface area contributed by atoms with Gasteiger partial charge in [-0.1, -0.05) is 41.1 Å². The summed E-state index contributed by atoms with van der Waals surface area (Å²) < 4.78 is 5.75. The van der Waals surface area contributed by atoms with E-state index in [1.54, 1.807) is 12.1 Å². The van der Waals surface area contributed by atoms with Gasteiger partial charge in [0.1, 0.15) is 12.4 Å². The van der Waals surface area contributed by atoms with E-state index in [0.717, 1.165) is 22.4 Å². The Kier molecular flexibility index (Phi) is 5.52. The molecule has 0 radical (unpaired) electrons. The van der Waals surface area contributed by atoms with E-state index in [2.05, 4.69) is 11.8 Å². The van der Waals surface area contributed by atoms with Gasteiger partial charge in [0, 0.05) is 21.2 Å². The Labute approximate surface area is 134 Å². The average molecular weight is 320 g/mol. The van der Waals surface area contributed by atoms with Gasteiger partial charge >= 0.3 is 0 Å². The fraction of sp³-hybridized carbons (Fsp3) is 0.176. The summed E-state index contributed by atoms with van der Waals surface area (Å²) in [5.41, 5.74) is 8.14. The van der Waals surface area contributed by atoms with Crippen molar-refractivity contribution >= 4 is 23.2 Å². The fourth-order valence-corrected chi connectivity index (χ4v) is 2.34. The van der Waals surface area contributed by atoms with Crippen LogP contribution in [0.5, 0.6) is 5.75 Å². The second-order valence-corrected chi connectivity index (χ2v) is 5.29. The maximum Gasteiger partial charge on any atom is 0.120 e. The van der Waals surface area contributed by atoms with Crippen LogP contribution in [-0.4, -0.2) is 6.54 Å². The average Bonchev–Trinajstić information content (AvgIpc) is 2.46. The normalized spacial score (nSPS) is 9.90. The molecule has 2 rings (SSSR count). The Balaban J connectivity index is 2.12. The molecule has 4 heteroatoms. The minimum atomic E-state index is 0.325. The summed E-state index contributed by atoms with van der Waals surface area (Å²) in [5, 5.41) is 1.20. The summed E-state index contributed by atoms with van der Waals surface area (Å²) in [6.07, 6.45) is 0. The van der Waals surface area contributed by atoms with Crippen molar-refractivity contribution in [3.8, 4) is 17.6 Å². The zero-order valence-electron chi connectivity index (χ0n) is 11.6. The molecule has 0 saturated heterocycles. The predicted molar refractivity (Wildman–Crippen MR) is 87.9 cm³/mol. The minimum Gasteiger partial charge on any atom is -0.489 e. The van der Waals surface area contributed by atoms with Gasteiger partial charge in [0.25, 0.3) is 0 Å². The largest absolute Gasteiger partial charge is 0.489 e. The third-order valence-corrected chi connectivity index (χ3v) is 3.68. The molecule has 2 aromatic rings. The van der Waals surface area contributed by atoms with Gasteiger partial charge in [-0.25, -0.2) is 0 Å². The third kappa shape index (κ3) is 4.15. The molecular formula is C17H15Cl2NO. The Morgan fingerprint density at radius 2 is 1.86 bits per heavy atom. The molecule has 0 saturated carbocycles. The van der Waals surface area contributed by atoms with Crippen LogP contribution in [-0.2, 0) is 6.61 Å². The van der Waals surface area contributed by atoms with Crippen molar-refractivity contribution in [1.29, 1.82) is 0 Å². The van der Waals surface area contributed by atoms with Crippen molar-refractivity contribution in [2.24, 2.45) is 5.73 Å². The fourth-order valence-electron chi connectivity index (χ4n) is 1.84. The molecule has 0 atom stereocenters. The zero-order chi connectivity index (χ0) is 15.2. The first-order valence-electron chi connectivity index (χ1n) is 6.47. The summed E-state index contributed by atoms with van der Waals surface area (Å²) in [6.45, 7) is 2.66. The molecule has 21 heavy (non-hydrogen) atoms. The van der Waals surface area contributed by atoms with Crippen molar-refractivity contribution in [2.45, 2.75) is 13.5 Å². The highest BCUT2D eigenvalue weighted by Crippen LogP contribution is 2.26. The Morgan fingerprint density at radius 1 is 1.14 bits per heavy atom. The van der Waals surface area contributed by atoms with E-state index in [1.807, 2.05) is 31.2 Å². The highest BCUT2D eigenvalue weighted by molar-refractivity contribution is 6.35. The van der Waals surface area contributed by atoms with E-state index in [4.69, 9.17) is 33.7 Å². The summed E-state index contributed by atoms with van der Waals surface area (Å²) in [7, 11) is 0. The first-order valence-corrected chi connectivity index (χ1v) is 7.22. The second kappa shape index (κ2) is 7.38. The van der Waals surface area contributed by atoms with Crippen molar-refractivity contribution in [1.82, 2.24) is 0 Å². The van der Waals surface area contributed by atoms with Gasteiger partial charge in [0.15, 0.2) is 0 Å². The molecular weight excluding hydrogens is 305 g/mol. The molecule has 0 amide bonds. The van der Waals surface area contributed by atoms with Gasteiger partial charge < -0.3 is 10.5 Å². The van der Waals surface area contributed by atoms with Crippen molar-refractivity contribution in [3.63, 3.8) is 0 Å². The number of halogens is 2. The van der Waals surface area contributed by atoms with E-state index in [-0.39, 0.29) is 0 Å². The molecule has 0 aliphatic rings. The van der Waals surface area contributed by atoms with Crippen LogP contribution in [0.3, 0.4) is 0 Å². The van der Waals surface area contributed by atoms with Crippen molar-refractivity contribution in [2.75, 3.05) is 6.54 Å². The van der Waals surface area contributed by atoms with E-state index in [0.29, 0.717) is 23.2 Å². The van der Waals surface area contributed by atoms with Crippen molar-refractivity contribution < 1.29 is 4.74 Å². The van der Waals surface area contributed by atoms with Crippen molar-refractivity contribution in [3.05, 3.63) is 63.1 Å². The molecule has 2 nitrogen and oxygen atoms in total. The van der Waals surface area contributed by atoms with Gasteiger partial charge in [-0.15, -0.1) is 0 Å². The van der Waals surface area contributed by atoms with Crippen LogP contribution in [0.25, 0.3) is 0 Å². The number of rotatable bonds is 3. The van der Waals surface area contributed by atoms with Gasteiger partial charge in [-0.05, 0) is 42.8 Å². The highest BCUT2D eigenvalue weighted by atomic mass is 35.5. The number of aryl methyl sites for hydroxylation is 1. The molecule has 0 aromatic heterocycles. The summed E-state index contributed by atoms with van der Waals surface area (Å²) >= 11 is 12.2. The van der Waals surface area contributed by atoms with Gasteiger partial charge in [-0.3, -0.25) is 0 Å². The zero-order valence-corrected chi connectivity index (χ0v) is 13.1. The Hall–Kier alpha value is -1.66. The van der Waals surface area contributed by atoms with Crippen LogP contribution in [0.2, 0.25) is 10.0 Å². The highest BCUT2D eigenvalue weighted by Gasteiger charge is 2.06. The van der Waals surface area contributed by atoms with Gasteiger partial charge in [0.05, 0.1) is 6.54 Å². The molecule has 0 aliphatic heterocycles. The van der Waals surface area contributed by atoms with E-state index >= 15 is 0 Å². The lowest BCUT2D eigenvalue weighted by atomic mass is 10.1. The first kappa shape index (κ1) is 15.7. The molecule has 0 spiro atoms. The number of ether oxygens (including phenoxy) is 1. The van der Waals surface area contributed by atoms with E-state index < -0.39 is 0 Å². The molecule has 2 N–H and O–H groups in total. The van der Waals surface area contributed by atoms with Crippen LogP contribution in [0.1, 0.15) is 16.7 Å². The van der Waals surface area contributed by atoms with E-state index in [1.165, 1.54) is 0 Å². The third-order valence-electron chi connectivity index (χ3n) is 2.97. The van der Waals surface area contributed by atoms with Crippen LogP contribution >= 0.6 is 23.2 Å². The van der Waals surface area contributed by atoms with Crippen LogP contribution < -0.4 is 10.5 Å². The minimum absolute atomic E-state index is 0.325. The maximum atomic E-state index is 6.11. The first-order chi connectivity index (χ1) is 10.1. The van der Waals surface area contributed by atoms with Crippen LogP contribution in [0.4, 0.5) is 0 Å². The quantitative estimate of drug-likeness (QED) is 0.861. The summed E-state index contributed by atoms with van der Waals surface area (Å²) in [4.78, 5) is 0. The Bertz CT molecular complexity index is 681. The van der Waals surface area contributed by atoms with Crippen LogP contribution in [0, 0.1) is 18.8 Å². The summed E-state index contributed by atoms with van der Waals surface area (Å²) in [6, 6.07) is 11.1. The SMILES string of the molecule is Cc1cc(OCc2c(Cl)cccc2Cl)ccc1C#CCN. The summed E-state index contributed by atoms with van der Waals surface area (Å²) in [5.74, 6) is 6.61. The predicted octanol–water partition coefficient (Wildman–Crippen LogP) is 4.19. The molecule has 0 heterocycles. The van der Waals surface area contributed by atoms with E-state index in [9.17, 15) is 0 Å². The number of hydrogen-bond acceptors (Lipinski definition) is 2. The molecule has 2 aromatic carbocycles. The van der Waals surface area contributed by atoms with Gasteiger partial charge in [0.2, 0.25) is 0 Å². The smallest absolute Gasteiger partial charge is 0.120 e. The molecule has 0 bridgehead atoms. The van der Waals surface area contributed by atoms with Crippen LogP contribution in [0.15, 0.2) is 36.4 Å². The molecule has 0 fully saturated rings. The lowest BCUT2D eigenvalue weighted by Gasteiger charge is -2.10. The lowest BCUT2D eigenvalue weighted by molar-refractivity contribution is 0.306. The monoisotopic (exact) mass is 319 g/mol. The van der Waals surface area contributed by atoms with Gasteiger partial charge in [-0.2, -0.15) is 0 Å². The standard InChI is InChI=1S/C17H15Cl2NO/c1-12-10-14(8-7-13(12)4-3-9-20)21-11-15-16(18)5-2-6-17(15)19/h2,5-8,10H,9,11,20H2,1H3. The molecule has 108 valence electrons. The number of nitrogens with two attached hydrogens (primary N) is 1. The molecule has 0 unspecified atom stereocenters. The maximum absolute atomic E-state index is 6.11. The Morgan fingerprint density at radius 3 is 2.48 bits per heavy atom. The lowest BCUT2D eigenvalue weighted by Crippen LogP contribution is -1.98.